The van der Waals surface area contributed by atoms with Gasteiger partial charge in [-0.2, -0.15) is 0 Å². The van der Waals surface area contributed by atoms with Crippen molar-refractivity contribution in [1.82, 2.24) is 5.32 Å². The number of aliphatic carboxylic acids is 2. The summed E-state index contributed by atoms with van der Waals surface area (Å²) in [7, 11) is 0. The summed E-state index contributed by atoms with van der Waals surface area (Å²) >= 11 is 5.19. The minimum absolute atomic E-state index is 0.264. The van der Waals surface area contributed by atoms with Crippen LogP contribution in [0.1, 0.15) is 13.3 Å². The Morgan fingerprint density at radius 1 is 1.33 bits per heavy atom. The summed E-state index contributed by atoms with van der Waals surface area (Å²) in [5, 5.41) is 19.6. The van der Waals surface area contributed by atoms with Crippen molar-refractivity contribution in [3.8, 4) is 0 Å². The Morgan fingerprint density at radius 3 is 2.20 bits per heavy atom. The van der Waals surface area contributed by atoms with Crippen LogP contribution < -0.4 is 5.32 Å². The molecule has 0 bridgehead atoms. The van der Waals surface area contributed by atoms with E-state index in [4.69, 9.17) is 21.8 Å². The van der Waals surface area contributed by atoms with E-state index < -0.39 is 29.7 Å². The maximum atomic E-state index is 10.8. The third-order valence-corrected chi connectivity index (χ3v) is 2.10. The molecule has 15 heavy (non-hydrogen) atoms. The van der Waals surface area contributed by atoms with Crippen LogP contribution in [0.3, 0.4) is 0 Å². The first-order valence-electron chi connectivity index (χ1n) is 4.09. The summed E-state index contributed by atoms with van der Waals surface area (Å²) in [6, 6.07) is 0. The molecule has 3 N–H and O–H groups in total. The number of hydrogen-bond acceptors (Lipinski definition) is 3. The summed E-state index contributed by atoms with van der Waals surface area (Å²) in [4.78, 5) is 32.0. The fraction of sp³-hybridized carbons (Fsp3) is 0.625. The molecule has 6 nitrogen and oxygen atoms in total. The van der Waals surface area contributed by atoms with Crippen molar-refractivity contribution in [3.63, 3.8) is 0 Å². The maximum Gasteiger partial charge on any atom is 0.311 e. The average Bonchev–Trinajstić information content (AvgIpc) is 2.12. The lowest BCUT2D eigenvalue weighted by Gasteiger charge is -2.22. The zero-order valence-corrected chi connectivity index (χ0v) is 8.87. The number of rotatable bonds is 6. The van der Waals surface area contributed by atoms with E-state index in [0.717, 1.165) is 0 Å². The van der Waals surface area contributed by atoms with E-state index in [2.05, 4.69) is 5.32 Å². The lowest BCUT2D eigenvalue weighted by atomic mass is 9.87. The molecule has 1 amide bonds. The zero-order valence-electron chi connectivity index (χ0n) is 8.12. The second kappa shape index (κ2) is 5.55. The quantitative estimate of drug-likeness (QED) is 0.560. The molecule has 0 fully saturated rings. The molecule has 0 heterocycles. The number of hydrogen-bond donors (Lipinski definition) is 3. The number of amides is 1. The Kier molecular flexibility index (Phi) is 5.07. The van der Waals surface area contributed by atoms with E-state index in [0.29, 0.717) is 0 Å². The van der Waals surface area contributed by atoms with Crippen LogP contribution in [0.15, 0.2) is 0 Å². The molecule has 0 aliphatic rings. The predicted octanol–water partition coefficient (Wildman–Crippen LogP) is -0.0930. The standard InChI is InChI=1S/C8H12ClNO5/c1-8(7(14)15,2-6(12)13)4-10-5(11)3-9/h2-4H2,1H3,(H,10,11)(H,12,13)(H,14,15). The van der Waals surface area contributed by atoms with Crippen molar-refractivity contribution in [2.45, 2.75) is 13.3 Å². The SMILES string of the molecule is CC(CNC(=O)CCl)(CC(=O)O)C(=O)O. The number of halogens is 1. The molecule has 0 aromatic heterocycles. The Morgan fingerprint density at radius 2 is 1.87 bits per heavy atom. The van der Waals surface area contributed by atoms with E-state index in [-0.39, 0.29) is 12.4 Å². The topological polar surface area (TPSA) is 104 Å². The van der Waals surface area contributed by atoms with E-state index in [1.54, 1.807) is 0 Å². The monoisotopic (exact) mass is 237 g/mol. The van der Waals surface area contributed by atoms with Crippen molar-refractivity contribution in [2.24, 2.45) is 5.41 Å². The molecule has 0 aliphatic heterocycles. The molecule has 0 saturated heterocycles. The van der Waals surface area contributed by atoms with Gasteiger partial charge in [0.05, 0.1) is 11.8 Å². The van der Waals surface area contributed by atoms with Gasteiger partial charge in [0.15, 0.2) is 0 Å². The lowest BCUT2D eigenvalue weighted by Crippen LogP contribution is -2.42. The molecule has 1 atom stereocenters. The van der Waals surface area contributed by atoms with Crippen LogP contribution in [0.25, 0.3) is 0 Å². The van der Waals surface area contributed by atoms with Gasteiger partial charge in [0.25, 0.3) is 0 Å². The second-order valence-corrected chi connectivity index (χ2v) is 3.61. The highest BCUT2D eigenvalue weighted by atomic mass is 35.5. The van der Waals surface area contributed by atoms with Gasteiger partial charge in [-0.3, -0.25) is 14.4 Å². The average molecular weight is 238 g/mol. The van der Waals surface area contributed by atoms with Crippen molar-refractivity contribution < 1.29 is 24.6 Å². The summed E-state index contributed by atoms with van der Waals surface area (Å²) in [5.74, 6) is -3.34. The highest BCUT2D eigenvalue weighted by Crippen LogP contribution is 2.20. The van der Waals surface area contributed by atoms with Gasteiger partial charge in [0.2, 0.25) is 5.91 Å². The van der Waals surface area contributed by atoms with Gasteiger partial charge in [-0.25, -0.2) is 0 Å². The van der Waals surface area contributed by atoms with Gasteiger partial charge in [0.1, 0.15) is 5.88 Å². The number of carbonyl (C=O) groups excluding carboxylic acids is 1. The van der Waals surface area contributed by atoms with Gasteiger partial charge in [-0.15, -0.1) is 11.6 Å². The third kappa shape index (κ3) is 4.64. The number of alkyl halides is 1. The minimum Gasteiger partial charge on any atom is -0.481 e. The molecule has 1 unspecified atom stereocenters. The normalized spacial score (nSPS) is 14.0. The number of carboxylic acids is 2. The molecular formula is C8H12ClNO5. The molecule has 0 rings (SSSR count). The van der Waals surface area contributed by atoms with Crippen molar-refractivity contribution >= 4 is 29.4 Å². The van der Waals surface area contributed by atoms with Gasteiger partial charge < -0.3 is 15.5 Å². The smallest absolute Gasteiger partial charge is 0.311 e. The van der Waals surface area contributed by atoms with Crippen molar-refractivity contribution in [2.75, 3.05) is 12.4 Å². The minimum atomic E-state index is -1.52. The highest BCUT2D eigenvalue weighted by Gasteiger charge is 2.36. The summed E-state index contributed by atoms with van der Waals surface area (Å²) in [5.41, 5.74) is -1.52. The Balaban J connectivity index is 4.45. The first kappa shape index (κ1) is 13.7. The van der Waals surface area contributed by atoms with Crippen LogP contribution in [0.5, 0.6) is 0 Å². The van der Waals surface area contributed by atoms with Crippen molar-refractivity contribution in [3.05, 3.63) is 0 Å². The summed E-state index contributed by atoms with van der Waals surface area (Å²) in [6.07, 6.45) is -0.565. The Labute approximate surface area is 91.2 Å². The summed E-state index contributed by atoms with van der Waals surface area (Å²) < 4.78 is 0. The Bertz CT molecular complexity index is 280. The van der Waals surface area contributed by atoms with Crippen LogP contribution in [0, 0.1) is 5.41 Å². The zero-order chi connectivity index (χ0) is 12.1. The fourth-order valence-corrected chi connectivity index (χ4v) is 0.983. The predicted molar refractivity (Wildman–Crippen MR) is 51.7 cm³/mol. The number of nitrogens with one attached hydrogen (secondary N) is 1. The van der Waals surface area contributed by atoms with Crippen molar-refractivity contribution in [1.29, 1.82) is 0 Å². The molecule has 86 valence electrons. The molecule has 0 spiro atoms. The fourth-order valence-electron chi connectivity index (χ4n) is 0.888. The van der Waals surface area contributed by atoms with Gasteiger partial charge in [0, 0.05) is 6.54 Å². The second-order valence-electron chi connectivity index (χ2n) is 3.35. The third-order valence-electron chi connectivity index (χ3n) is 1.85. The first-order chi connectivity index (χ1) is 6.81. The lowest BCUT2D eigenvalue weighted by molar-refractivity contribution is -0.154. The molecule has 0 aromatic rings. The van der Waals surface area contributed by atoms with Crippen LogP contribution in [-0.2, 0) is 14.4 Å². The van der Waals surface area contributed by atoms with Gasteiger partial charge >= 0.3 is 11.9 Å². The molecular weight excluding hydrogens is 226 g/mol. The van der Waals surface area contributed by atoms with E-state index >= 15 is 0 Å². The maximum absolute atomic E-state index is 10.8. The molecule has 7 heteroatoms. The summed E-state index contributed by atoms with van der Waals surface area (Å²) in [6.45, 7) is 0.984. The van der Waals surface area contributed by atoms with Crippen LogP contribution in [0.2, 0.25) is 0 Å². The highest BCUT2D eigenvalue weighted by molar-refractivity contribution is 6.27. The first-order valence-corrected chi connectivity index (χ1v) is 4.63. The molecule has 0 saturated carbocycles. The molecule has 0 aromatic carbocycles. The molecule has 0 radical (unpaired) electrons. The Hall–Kier alpha value is -1.30. The van der Waals surface area contributed by atoms with E-state index in [1.807, 2.05) is 0 Å². The van der Waals surface area contributed by atoms with Crippen LogP contribution in [-0.4, -0.2) is 40.5 Å². The van der Waals surface area contributed by atoms with E-state index in [1.165, 1.54) is 6.92 Å². The van der Waals surface area contributed by atoms with Crippen LogP contribution in [0.4, 0.5) is 0 Å². The van der Waals surface area contributed by atoms with Crippen LogP contribution >= 0.6 is 11.6 Å². The van der Waals surface area contributed by atoms with E-state index in [9.17, 15) is 14.4 Å². The number of carboxylic acid groups (broad SMARTS) is 2. The number of carbonyl (C=O) groups is 3. The van der Waals surface area contributed by atoms with Gasteiger partial charge in [-0.05, 0) is 6.92 Å². The largest absolute Gasteiger partial charge is 0.481 e. The molecule has 0 aliphatic carbocycles. The van der Waals surface area contributed by atoms with Gasteiger partial charge in [-0.1, -0.05) is 0 Å².